The van der Waals surface area contributed by atoms with E-state index in [1.165, 1.54) is 6.20 Å². The first-order valence-corrected chi connectivity index (χ1v) is 6.76. The van der Waals surface area contributed by atoms with Crippen LogP contribution in [0.4, 0.5) is 0 Å². The van der Waals surface area contributed by atoms with Crippen LogP contribution in [0.2, 0.25) is 5.02 Å². The Labute approximate surface area is 131 Å². The van der Waals surface area contributed by atoms with E-state index in [2.05, 4.69) is 9.97 Å². The highest BCUT2D eigenvalue weighted by molar-refractivity contribution is 6.30. The van der Waals surface area contributed by atoms with Gasteiger partial charge < -0.3 is 18.6 Å². The summed E-state index contributed by atoms with van der Waals surface area (Å²) < 4.78 is 21.6. The van der Waals surface area contributed by atoms with E-state index in [1.54, 1.807) is 39.5 Å². The van der Waals surface area contributed by atoms with Crippen LogP contribution in [0.15, 0.2) is 28.8 Å². The summed E-state index contributed by atoms with van der Waals surface area (Å²) in [6.45, 7) is 0. The van der Waals surface area contributed by atoms with Gasteiger partial charge in [-0.05, 0) is 18.2 Å². The standard InChI is InChI=1S/C15H13ClN2O4/c1-19-11-4-8(5-12(20-2)13(11)21-3)14-18-10-6-9(16)7-17-15(10)22-14/h4-7H,1-3H3. The number of pyridine rings is 1. The minimum atomic E-state index is 0.393. The van der Waals surface area contributed by atoms with Crippen molar-refractivity contribution in [2.75, 3.05) is 21.3 Å². The topological polar surface area (TPSA) is 66.6 Å². The summed E-state index contributed by atoms with van der Waals surface area (Å²) in [6.07, 6.45) is 1.51. The van der Waals surface area contributed by atoms with Gasteiger partial charge in [0.1, 0.15) is 5.52 Å². The van der Waals surface area contributed by atoms with Gasteiger partial charge in [0.25, 0.3) is 0 Å². The van der Waals surface area contributed by atoms with Crippen molar-refractivity contribution in [1.82, 2.24) is 9.97 Å². The SMILES string of the molecule is COc1cc(-c2nc3cc(Cl)cnc3o2)cc(OC)c1OC. The van der Waals surface area contributed by atoms with Crippen molar-refractivity contribution in [3.63, 3.8) is 0 Å². The smallest absolute Gasteiger partial charge is 0.247 e. The molecule has 0 N–H and O–H groups in total. The monoisotopic (exact) mass is 320 g/mol. The van der Waals surface area contributed by atoms with Crippen LogP contribution in [0, 0.1) is 0 Å². The highest BCUT2D eigenvalue weighted by atomic mass is 35.5. The lowest BCUT2D eigenvalue weighted by Crippen LogP contribution is -1.95. The molecule has 2 heterocycles. The number of methoxy groups -OCH3 is 3. The Morgan fingerprint density at radius 1 is 1.00 bits per heavy atom. The van der Waals surface area contributed by atoms with Crippen molar-refractivity contribution < 1.29 is 18.6 Å². The fourth-order valence-corrected chi connectivity index (χ4v) is 2.28. The first-order chi connectivity index (χ1) is 10.7. The van der Waals surface area contributed by atoms with Crippen LogP contribution < -0.4 is 14.2 Å². The fourth-order valence-electron chi connectivity index (χ4n) is 2.13. The average molecular weight is 321 g/mol. The van der Waals surface area contributed by atoms with Gasteiger partial charge >= 0.3 is 0 Å². The van der Waals surface area contributed by atoms with E-state index < -0.39 is 0 Å². The molecule has 0 unspecified atom stereocenters. The van der Waals surface area contributed by atoms with Crippen molar-refractivity contribution in [1.29, 1.82) is 0 Å². The van der Waals surface area contributed by atoms with Gasteiger partial charge in [-0.15, -0.1) is 0 Å². The van der Waals surface area contributed by atoms with Gasteiger partial charge in [0.15, 0.2) is 11.5 Å². The predicted octanol–water partition coefficient (Wildman–Crippen LogP) is 3.57. The lowest BCUT2D eigenvalue weighted by Gasteiger charge is -2.12. The summed E-state index contributed by atoms with van der Waals surface area (Å²) in [5.74, 6) is 1.94. The van der Waals surface area contributed by atoms with E-state index >= 15 is 0 Å². The van der Waals surface area contributed by atoms with Crippen LogP contribution >= 0.6 is 11.6 Å². The Morgan fingerprint density at radius 2 is 1.68 bits per heavy atom. The van der Waals surface area contributed by atoms with E-state index in [9.17, 15) is 0 Å². The highest BCUT2D eigenvalue weighted by Gasteiger charge is 2.17. The van der Waals surface area contributed by atoms with Crippen LogP contribution in [-0.4, -0.2) is 31.3 Å². The molecule has 22 heavy (non-hydrogen) atoms. The summed E-state index contributed by atoms with van der Waals surface area (Å²) in [7, 11) is 4.65. The minimum Gasteiger partial charge on any atom is -0.493 e. The Hall–Kier alpha value is -2.47. The third kappa shape index (κ3) is 2.42. The Bertz CT molecular complexity index is 807. The third-order valence-electron chi connectivity index (χ3n) is 3.13. The molecule has 3 rings (SSSR count). The molecule has 0 aliphatic heterocycles. The number of ether oxygens (including phenoxy) is 3. The molecular weight excluding hydrogens is 308 g/mol. The molecular formula is C15H13ClN2O4. The van der Waals surface area contributed by atoms with Crippen LogP contribution in [-0.2, 0) is 0 Å². The van der Waals surface area contributed by atoms with Crippen molar-refractivity contribution >= 4 is 22.8 Å². The fraction of sp³-hybridized carbons (Fsp3) is 0.200. The Balaban J connectivity index is 2.17. The molecule has 3 aromatic rings. The molecule has 0 bridgehead atoms. The first-order valence-electron chi connectivity index (χ1n) is 6.38. The largest absolute Gasteiger partial charge is 0.493 e. The number of oxazole rings is 1. The van der Waals surface area contributed by atoms with Gasteiger partial charge in [-0.3, -0.25) is 0 Å². The molecule has 0 saturated heterocycles. The number of rotatable bonds is 4. The molecule has 0 amide bonds. The zero-order chi connectivity index (χ0) is 15.7. The maximum Gasteiger partial charge on any atom is 0.247 e. The van der Waals surface area contributed by atoms with E-state index in [4.69, 9.17) is 30.2 Å². The van der Waals surface area contributed by atoms with Crippen LogP contribution in [0.1, 0.15) is 0 Å². The van der Waals surface area contributed by atoms with Crippen molar-refractivity contribution in [3.05, 3.63) is 29.4 Å². The molecule has 0 radical (unpaired) electrons. The summed E-state index contributed by atoms with van der Waals surface area (Å²) in [5.41, 5.74) is 1.67. The maximum absolute atomic E-state index is 5.91. The maximum atomic E-state index is 5.91. The van der Waals surface area contributed by atoms with Gasteiger partial charge in [-0.2, -0.15) is 0 Å². The normalized spacial score (nSPS) is 10.7. The molecule has 0 aliphatic carbocycles. The molecule has 0 fully saturated rings. The van der Waals surface area contributed by atoms with Gasteiger partial charge in [-0.25, -0.2) is 9.97 Å². The van der Waals surface area contributed by atoms with Gasteiger partial charge in [-0.1, -0.05) is 11.6 Å². The second-order valence-electron chi connectivity index (χ2n) is 4.41. The van der Waals surface area contributed by atoms with Crippen molar-refractivity contribution in [2.45, 2.75) is 0 Å². The summed E-state index contributed by atoms with van der Waals surface area (Å²) in [4.78, 5) is 8.48. The van der Waals surface area contributed by atoms with E-state index in [-0.39, 0.29) is 0 Å². The Kier molecular flexibility index (Phi) is 3.77. The number of benzene rings is 1. The summed E-state index contributed by atoms with van der Waals surface area (Å²) in [6, 6.07) is 5.20. The average Bonchev–Trinajstić information content (AvgIpc) is 2.96. The van der Waals surface area contributed by atoms with Crippen molar-refractivity contribution in [2.24, 2.45) is 0 Å². The number of hydrogen-bond donors (Lipinski definition) is 0. The van der Waals surface area contributed by atoms with Crippen LogP contribution in [0.3, 0.4) is 0 Å². The van der Waals surface area contributed by atoms with Crippen LogP contribution in [0.5, 0.6) is 17.2 Å². The predicted molar refractivity (Wildman–Crippen MR) is 81.9 cm³/mol. The first kappa shape index (κ1) is 14.5. The lowest BCUT2D eigenvalue weighted by molar-refractivity contribution is 0.324. The molecule has 0 spiro atoms. The second kappa shape index (κ2) is 5.73. The zero-order valence-electron chi connectivity index (χ0n) is 12.2. The van der Waals surface area contributed by atoms with E-state index in [0.717, 1.165) is 0 Å². The van der Waals surface area contributed by atoms with Gasteiger partial charge in [0.2, 0.25) is 17.4 Å². The quantitative estimate of drug-likeness (QED) is 0.732. The number of aromatic nitrogens is 2. The molecule has 0 aliphatic rings. The number of hydrogen-bond acceptors (Lipinski definition) is 6. The molecule has 1 aromatic carbocycles. The Morgan fingerprint density at radius 3 is 2.27 bits per heavy atom. The molecule has 0 atom stereocenters. The lowest BCUT2D eigenvalue weighted by atomic mass is 10.2. The summed E-state index contributed by atoms with van der Waals surface area (Å²) >= 11 is 5.91. The molecule has 114 valence electrons. The van der Waals surface area contributed by atoms with E-state index in [1.807, 2.05) is 0 Å². The van der Waals surface area contributed by atoms with Crippen LogP contribution in [0.25, 0.3) is 22.7 Å². The minimum absolute atomic E-state index is 0.393. The van der Waals surface area contributed by atoms with Crippen molar-refractivity contribution in [3.8, 4) is 28.7 Å². The molecule has 6 nitrogen and oxygen atoms in total. The third-order valence-corrected chi connectivity index (χ3v) is 3.33. The second-order valence-corrected chi connectivity index (χ2v) is 4.85. The number of nitrogens with zero attached hydrogens (tertiary/aromatic N) is 2. The zero-order valence-corrected chi connectivity index (χ0v) is 13.0. The molecule has 7 heteroatoms. The molecule has 0 saturated carbocycles. The van der Waals surface area contributed by atoms with Gasteiger partial charge in [0, 0.05) is 11.8 Å². The number of halogens is 1. The number of fused-ring (bicyclic) bond motifs is 1. The van der Waals surface area contributed by atoms with Gasteiger partial charge in [0.05, 0.1) is 26.4 Å². The van der Waals surface area contributed by atoms with E-state index in [0.29, 0.717) is 45.0 Å². The molecule has 2 aromatic heterocycles. The highest BCUT2D eigenvalue weighted by Crippen LogP contribution is 2.41. The summed E-state index contributed by atoms with van der Waals surface area (Å²) in [5, 5.41) is 0.497.